The number of H-pyrrole nitrogens is 1. The van der Waals surface area contributed by atoms with Gasteiger partial charge in [0.05, 0.1) is 27.5 Å². The van der Waals surface area contributed by atoms with Crippen molar-refractivity contribution in [2.24, 2.45) is 0 Å². The summed E-state index contributed by atoms with van der Waals surface area (Å²) in [5, 5.41) is 10.8. The molecule has 176 valence electrons. The molecule has 2 aromatic heterocycles. The van der Waals surface area contributed by atoms with Crippen LogP contribution in [0.4, 0.5) is 4.39 Å². The predicted octanol–water partition coefficient (Wildman–Crippen LogP) is 5.11. The number of aromatic nitrogens is 5. The third-order valence-corrected chi connectivity index (χ3v) is 6.39. The van der Waals surface area contributed by atoms with Gasteiger partial charge in [0.25, 0.3) is 5.91 Å². The summed E-state index contributed by atoms with van der Waals surface area (Å²) in [5.41, 5.74) is 5.77. The number of nitrogens with zero attached hydrogens (tertiary/aromatic N) is 4. The largest absolute Gasteiger partial charge is 0.351 e. The molecule has 0 aliphatic rings. The number of nitrogens with one attached hydrogen (secondary N) is 2. The van der Waals surface area contributed by atoms with E-state index in [-0.39, 0.29) is 18.3 Å². The molecule has 9 heteroatoms. The zero-order chi connectivity index (χ0) is 24.5. The van der Waals surface area contributed by atoms with Crippen LogP contribution in [0.15, 0.2) is 67.3 Å². The molecule has 0 saturated carbocycles. The van der Waals surface area contributed by atoms with Crippen molar-refractivity contribution < 1.29 is 9.18 Å². The lowest BCUT2D eigenvalue weighted by Crippen LogP contribution is -2.29. The van der Waals surface area contributed by atoms with Gasteiger partial charge in [-0.1, -0.05) is 23.7 Å². The van der Waals surface area contributed by atoms with E-state index in [1.165, 1.54) is 12.1 Å². The summed E-state index contributed by atoms with van der Waals surface area (Å²) in [6, 6.07) is 15.5. The summed E-state index contributed by atoms with van der Waals surface area (Å²) in [5.74, 6) is -0.438. The molecule has 0 bridgehead atoms. The molecule has 35 heavy (non-hydrogen) atoms. The van der Waals surface area contributed by atoms with Crippen LogP contribution in [-0.4, -0.2) is 37.2 Å². The number of imidazole rings is 1. The molecule has 2 N–H and O–H groups in total. The zero-order valence-electron chi connectivity index (χ0n) is 19.1. The first kappa shape index (κ1) is 22.7. The lowest BCUT2D eigenvalue weighted by molar-refractivity contribution is 0.0952. The Kier molecular flexibility index (Phi) is 6.05. The smallest absolute Gasteiger partial charge is 0.252 e. The maximum atomic E-state index is 14.1. The molecule has 5 aromatic rings. The van der Waals surface area contributed by atoms with Crippen LogP contribution in [-0.2, 0) is 0 Å². The Bertz CT molecular complexity index is 1490. The van der Waals surface area contributed by atoms with E-state index in [2.05, 4.69) is 20.5 Å². The van der Waals surface area contributed by atoms with Gasteiger partial charge in [-0.25, -0.2) is 9.37 Å². The molecule has 5 rings (SSSR count). The number of halogens is 2. The van der Waals surface area contributed by atoms with Crippen LogP contribution >= 0.6 is 11.6 Å². The summed E-state index contributed by atoms with van der Waals surface area (Å²) >= 11 is 6.41. The second-order valence-electron chi connectivity index (χ2n) is 8.43. The summed E-state index contributed by atoms with van der Waals surface area (Å²) in [4.78, 5) is 21.1. The van der Waals surface area contributed by atoms with Crippen molar-refractivity contribution in [3.05, 3.63) is 106 Å². The normalized spacial score (nSPS) is 12.1. The van der Waals surface area contributed by atoms with Gasteiger partial charge in [0.2, 0.25) is 0 Å². The lowest BCUT2D eigenvalue weighted by atomic mass is 9.98. The second-order valence-corrected chi connectivity index (χ2v) is 8.83. The van der Waals surface area contributed by atoms with Crippen molar-refractivity contribution in [2.75, 3.05) is 6.54 Å². The molecule has 0 radical (unpaired) electrons. The SMILES string of the molecule is Cc1cc2nc(C(CNC(=O)c3ccc(-n4cnnc4)cc3Cl)c3cccc(F)c3)[nH]c2cc1C. The van der Waals surface area contributed by atoms with Crippen LogP contribution in [0.3, 0.4) is 0 Å². The van der Waals surface area contributed by atoms with Crippen LogP contribution in [0.1, 0.15) is 38.8 Å². The fraction of sp³-hybridized carbons (Fsp3) is 0.154. The summed E-state index contributed by atoms with van der Waals surface area (Å²) in [7, 11) is 0. The maximum Gasteiger partial charge on any atom is 0.252 e. The van der Waals surface area contributed by atoms with E-state index in [4.69, 9.17) is 16.6 Å². The molecule has 1 unspecified atom stereocenters. The Morgan fingerprint density at radius 3 is 2.60 bits per heavy atom. The van der Waals surface area contributed by atoms with Gasteiger partial charge >= 0.3 is 0 Å². The van der Waals surface area contributed by atoms with Gasteiger partial charge in [-0.2, -0.15) is 0 Å². The minimum Gasteiger partial charge on any atom is -0.351 e. The van der Waals surface area contributed by atoms with Crippen molar-refractivity contribution in [2.45, 2.75) is 19.8 Å². The average Bonchev–Trinajstić information content (AvgIpc) is 3.50. The Morgan fingerprint density at radius 1 is 1.09 bits per heavy atom. The summed E-state index contributed by atoms with van der Waals surface area (Å²) < 4.78 is 15.8. The van der Waals surface area contributed by atoms with Crippen molar-refractivity contribution in [1.82, 2.24) is 30.0 Å². The standard InChI is InChI=1S/C26H22ClFN6O/c1-15-8-23-24(9-16(15)2)33-25(32-23)21(17-4-3-5-18(28)10-17)12-29-26(35)20-7-6-19(11-22(20)27)34-13-30-31-14-34/h3-11,13-14,21H,12H2,1-2H3,(H,29,35)(H,32,33). The Hall–Kier alpha value is -4.04. The van der Waals surface area contributed by atoms with Crippen LogP contribution in [0.25, 0.3) is 16.7 Å². The maximum absolute atomic E-state index is 14.1. The number of rotatable bonds is 6. The highest BCUT2D eigenvalue weighted by Gasteiger charge is 2.21. The van der Waals surface area contributed by atoms with E-state index in [0.717, 1.165) is 27.8 Å². The number of hydrogen-bond acceptors (Lipinski definition) is 4. The first-order valence-corrected chi connectivity index (χ1v) is 11.4. The third-order valence-electron chi connectivity index (χ3n) is 6.08. The average molecular weight is 489 g/mol. The minimum atomic E-state index is -0.391. The van der Waals surface area contributed by atoms with E-state index in [1.807, 2.05) is 32.0 Å². The predicted molar refractivity (Wildman–Crippen MR) is 133 cm³/mol. The van der Waals surface area contributed by atoms with Crippen LogP contribution in [0.5, 0.6) is 0 Å². The molecule has 1 atom stereocenters. The van der Waals surface area contributed by atoms with Crippen molar-refractivity contribution in [3.63, 3.8) is 0 Å². The number of carbonyl (C=O) groups excluding carboxylic acids is 1. The monoisotopic (exact) mass is 488 g/mol. The highest BCUT2D eigenvalue weighted by atomic mass is 35.5. The summed E-state index contributed by atoms with van der Waals surface area (Å²) in [6.45, 7) is 4.27. The Balaban J connectivity index is 1.43. The lowest BCUT2D eigenvalue weighted by Gasteiger charge is -2.17. The minimum absolute atomic E-state index is 0.198. The quantitative estimate of drug-likeness (QED) is 0.347. The number of amides is 1. The topological polar surface area (TPSA) is 88.5 Å². The van der Waals surface area contributed by atoms with E-state index in [0.29, 0.717) is 22.0 Å². The highest BCUT2D eigenvalue weighted by Crippen LogP contribution is 2.27. The van der Waals surface area contributed by atoms with E-state index >= 15 is 0 Å². The van der Waals surface area contributed by atoms with E-state index < -0.39 is 5.92 Å². The number of aryl methyl sites for hydroxylation is 2. The Morgan fingerprint density at radius 2 is 1.86 bits per heavy atom. The first-order chi connectivity index (χ1) is 16.9. The molecule has 7 nitrogen and oxygen atoms in total. The molecule has 3 aromatic carbocycles. The third kappa shape index (κ3) is 4.65. The van der Waals surface area contributed by atoms with Crippen LogP contribution in [0.2, 0.25) is 5.02 Å². The number of benzene rings is 3. The molecule has 0 fully saturated rings. The van der Waals surface area contributed by atoms with Gasteiger partial charge in [-0.3, -0.25) is 9.36 Å². The molecular weight excluding hydrogens is 467 g/mol. The number of hydrogen-bond donors (Lipinski definition) is 2. The molecule has 0 aliphatic carbocycles. The van der Waals surface area contributed by atoms with Gasteiger partial charge < -0.3 is 10.3 Å². The number of carbonyl (C=O) groups is 1. The van der Waals surface area contributed by atoms with Crippen molar-refractivity contribution in [3.8, 4) is 5.69 Å². The van der Waals surface area contributed by atoms with Crippen LogP contribution < -0.4 is 5.32 Å². The molecule has 0 saturated heterocycles. The van der Waals surface area contributed by atoms with E-state index in [9.17, 15) is 9.18 Å². The zero-order valence-corrected chi connectivity index (χ0v) is 19.8. The molecule has 1 amide bonds. The van der Waals surface area contributed by atoms with Crippen molar-refractivity contribution in [1.29, 1.82) is 0 Å². The fourth-order valence-electron chi connectivity index (χ4n) is 4.02. The van der Waals surface area contributed by atoms with Crippen molar-refractivity contribution >= 4 is 28.5 Å². The fourth-order valence-corrected chi connectivity index (χ4v) is 4.28. The first-order valence-electron chi connectivity index (χ1n) is 11.0. The molecular formula is C26H22ClFN6O. The van der Waals surface area contributed by atoms with Crippen LogP contribution in [0, 0.1) is 19.7 Å². The van der Waals surface area contributed by atoms with Gasteiger partial charge in [-0.15, -0.1) is 10.2 Å². The van der Waals surface area contributed by atoms with E-state index in [1.54, 1.807) is 41.5 Å². The van der Waals surface area contributed by atoms with Gasteiger partial charge in [0.15, 0.2) is 0 Å². The molecule has 0 aliphatic heterocycles. The number of fused-ring (bicyclic) bond motifs is 1. The van der Waals surface area contributed by atoms with Gasteiger partial charge in [0, 0.05) is 12.2 Å². The molecule has 2 heterocycles. The Labute approximate surface area is 206 Å². The highest BCUT2D eigenvalue weighted by molar-refractivity contribution is 6.34. The van der Waals surface area contributed by atoms with Gasteiger partial charge in [0.1, 0.15) is 24.3 Å². The number of aromatic amines is 1. The second kappa shape index (κ2) is 9.31. The summed E-state index contributed by atoms with van der Waals surface area (Å²) in [6.07, 6.45) is 3.09. The molecule has 0 spiro atoms. The van der Waals surface area contributed by atoms with Gasteiger partial charge in [-0.05, 0) is 73.0 Å².